The van der Waals surface area contributed by atoms with Gasteiger partial charge in [-0.1, -0.05) is 26.0 Å². The van der Waals surface area contributed by atoms with Crippen molar-refractivity contribution in [2.24, 2.45) is 16.8 Å². The average molecular weight is 522 g/mol. The topological polar surface area (TPSA) is 73.8 Å². The molecule has 0 aliphatic heterocycles. The van der Waals surface area contributed by atoms with Crippen molar-refractivity contribution in [3.8, 4) is 0 Å². The van der Waals surface area contributed by atoms with E-state index in [0.29, 0.717) is 17.5 Å². The highest BCUT2D eigenvalue weighted by Crippen LogP contribution is 2.29. The summed E-state index contributed by atoms with van der Waals surface area (Å²) >= 11 is 0. The number of guanidine groups is 1. The second kappa shape index (κ2) is 11.3. The highest BCUT2D eigenvalue weighted by molar-refractivity contribution is 14.0. The van der Waals surface area contributed by atoms with E-state index in [0.717, 1.165) is 23.4 Å². The maximum Gasteiger partial charge on any atom is 0.242 e. The molecular weight excluding hydrogens is 487 g/mol. The van der Waals surface area contributed by atoms with Gasteiger partial charge in [-0.2, -0.15) is 0 Å². The van der Waals surface area contributed by atoms with Crippen LogP contribution in [-0.2, 0) is 16.6 Å². The molecule has 1 aliphatic carbocycles. The van der Waals surface area contributed by atoms with Gasteiger partial charge in [0.25, 0.3) is 0 Å². The van der Waals surface area contributed by atoms with Gasteiger partial charge in [0.2, 0.25) is 10.0 Å². The van der Waals surface area contributed by atoms with Crippen molar-refractivity contribution in [2.75, 3.05) is 21.1 Å². The average Bonchev–Trinajstić information content (AvgIpc) is 2.65. The highest BCUT2D eigenvalue weighted by atomic mass is 127. The lowest BCUT2D eigenvalue weighted by Crippen LogP contribution is -2.44. The molecule has 2 rings (SSSR count). The van der Waals surface area contributed by atoms with Crippen LogP contribution in [0.15, 0.2) is 34.2 Å². The van der Waals surface area contributed by atoms with Gasteiger partial charge >= 0.3 is 0 Å². The predicted octanol–water partition coefficient (Wildman–Crippen LogP) is 3.43. The summed E-state index contributed by atoms with van der Waals surface area (Å²) < 4.78 is 25.5. The Bertz CT molecular complexity index is 725. The Morgan fingerprint density at radius 2 is 1.71 bits per heavy atom. The first-order chi connectivity index (χ1) is 12.7. The summed E-state index contributed by atoms with van der Waals surface area (Å²) in [6.45, 7) is 5.23. The number of hydrogen-bond donors (Lipinski definition) is 2. The van der Waals surface area contributed by atoms with Gasteiger partial charge in [-0.25, -0.2) is 12.7 Å². The van der Waals surface area contributed by atoms with E-state index in [2.05, 4.69) is 29.5 Å². The molecule has 2 N–H and O–H groups in total. The van der Waals surface area contributed by atoms with E-state index in [1.54, 1.807) is 19.2 Å². The molecule has 0 aromatic heterocycles. The van der Waals surface area contributed by atoms with Crippen molar-refractivity contribution in [3.05, 3.63) is 29.8 Å². The second-order valence-corrected chi connectivity index (χ2v) is 10.0. The van der Waals surface area contributed by atoms with E-state index in [4.69, 9.17) is 0 Å². The molecule has 0 atom stereocenters. The van der Waals surface area contributed by atoms with Gasteiger partial charge in [-0.15, -0.1) is 24.0 Å². The van der Waals surface area contributed by atoms with Gasteiger partial charge < -0.3 is 10.6 Å². The van der Waals surface area contributed by atoms with E-state index in [-0.39, 0.29) is 24.0 Å². The first-order valence-electron chi connectivity index (χ1n) is 9.72. The van der Waals surface area contributed by atoms with Crippen LogP contribution in [0.1, 0.15) is 45.1 Å². The molecule has 1 fully saturated rings. The van der Waals surface area contributed by atoms with Crippen LogP contribution in [0.2, 0.25) is 0 Å². The Balaban J connectivity index is 0.00000392. The summed E-state index contributed by atoms with van der Waals surface area (Å²) in [6.07, 6.45) is 4.91. The number of rotatable bonds is 6. The molecular formula is C20H35IN4O2S. The van der Waals surface area contributed by atoms with E-state index < -0.39 is 10.0 Å². The minimum atomic E-state index is -3.38. The molecule has 0 radical (unpaired) electrons. The third-order valence-electron chi connectivity index (χ3n) is 5.44. The van der Waals surface area contributed by atoms with E-state index in [1.165, 1.54) is 44.1 Å². The van der Waals surface area contributed by atoms with Crippen molar-refractivity contribution >= 4 is 40.0 Å². The van der Waals surface area contributed by atoms with Crippen LogP contribution >= 0.6 is 24.0 Å². The summed E-state index contributed by atoms with van der Waals surface area (Å²) in [7, 11) is 1.47. The highest BCUT2D eigenvalue weighted by Gasteiger charge is 2.23. The van der Waals surface area contributed by atoms with Gasteiger partial charge in [-0.3, -0.25) is 4.99 Å². The van der Waals surface area contributed by atoms with Gasteiger partial charge in [-0.05, 0) is 55.2 Å². The molecule has 28 heavy (non-hydrogen) atoms. The minimum Gasteiger partial charge on any atom is -0.354 e. The monoisotopic (exact) mass is 522 g/mol. The van der Waals surface area contributed by atoms with E-state index in [9.17, 15) is 8.42 Å². The maximum absolute atomic E-state index is 12.1. The number of hydrogen-bond acceptors (Lipinski definition) is 3. The normalized spacial score (nSPS) is 20.8. The molecule has 1 aromatic carbocycles. The van der Waals surface area contributed by atoms with Crippen LogP contribution in [0.4, 0.5) is 0 Å². The third kappa shape index (κ3) is 6.88. The fourth-order valence-electron chi connectivity index (χ4n) is 3.49. The Hall–Kier alpha value is -0.870. The molecule has 1 aromatic rings. The number of aliphatic imine (C=N–C) groups is 1. The fraction of sp³-hybridized carbons (Fsp3) is 0.650. The number of nitrogens with zero attached hydrogens (tertiary/aromatic N) is 2. The summed E-state index contributed by atoms with van der Waals surface area (Å²) in [4.78, 5) is 4.63. The molecule has 0 amide bonds. The Morgan fingerprint density at radius 1 is 1.14 bits per heavy atom. The van der Waals surface area contributed by atoms with Crippen molar-refractivity contribution in [2.45, 2.75) is 57.0 Å². The van der Waals surface area contributed by atoms with Crippen molar-refractivity contribution < 1.29 is 8.42 Å². The van der Waals surface area contributed by atoms with Crippen LogP contribution in [0.25, 0.3) is 0 Å². The van der Waals surface area contributed by atoms with Crippen LogP contribution in [-0.4, -0.2) is 45.9 Å². The molecule has 1 aliphatic rings. The lowest BCUT2D eigenvalue weighted by Gasteiger charge is -2.32. The third-order valence-corrected chi connectivity index (χ3v) is 7.27. The van der Waals surface area contributed by atoms with Gasteiger partial charge in [0, 0.05) is 33.7 Å². The zero-order valence-electron chi connectivity index (χ0n) is 17.6. The number of nitrogens with one attached hydrogen (secondary N) is 2. The first-order valence-corrected chi connectivity index (χ1v) is 11.2. The van der Waals surface area contributed by atoms with Crippen molar-refractivity contribution in [1.82, 2.24) is 14.9 Å². The standard InChI is InChI=1S/C20H34N4O2S.HI/c1-15(2)17-8-10-18(11-9-17)23-20(21-3)22-14-16-6-12-19(13-7-16)27(25,26)24(4)5;/h6-7,12-13,15,17-18H,8-11,14H2,1-5H3,(H2,21,22,23);1H. The summed E-state index contributed by atoms with van der Waals surface area (Å²) in [5.41, 5.74) is 1.01. The van der Waals surface area contributed by atoms with Crippen LogP contribution in [0.3, 0.4) is 0 Å². The van der Waals surface area contributed by atoms with Crippen molar-refractivity contribution in [3.63, 3.8) is 0 Å². The number of sulfonamides is 1. The van der Waals surface area contributed by atoms with E-state index in [1.807, 2.05) is 12.1 Å². The zero-order valence-corrected chi connectivity index (χ0v) is 20.8. The van der Waals surface area contributed by atoms with Crippen LogP contribution in [0, 0.1) is 11.8 Å². The molecule has 8 heteroatoms. The quantitative estimate of drug-likeness (QED) is 0.341. The van der Waals surface area contributed by atoms with Gasteiger partial charge in [0.1, 0.15) is 0 Å². The first kappa shape index (κ1) is 25.2. The number of halogens is 1. The summed E-state index contributed by atoms with van der Waals surface area (Å²) in [6, 6.07) is 7.44. The molecule has 160 valence electrons. The molecule has 0 unspecified atom stereocenters. The SMILES string of the molecule is CN=C(NCc1ccc(S(=O)(=O)N(C)C)cc1)NC1CCC(C(C)C)CC1.I. The van der Waals surface area contributed by atoms with Gasteiger partial charge in [0.05, 0.1) is 4.90 Å². The van der Waals surface area contributed by atoms with Gasteiger partial charge in [0.15, 0.2) is 5.96 Å². The predicted molar refractivity (Wildman–Crippen MR) is 127 cm³/mol. The fourth-order valence-corrected chi connectivity index (χ4v) is 4.40. The molecule has 6 nitrogen and oxygen atoms in total. The lowest BCUT2D eigenvalue weighted by molar-refractivity contribution is 0.250. The molecule has 0 saturated heterocycles. The Morgan fingerprint density at radius 3 is 2.18 bits per heavy atom. The molecule has 0 bridgehead atoms. The Labute approximate surface area is 187 Å². The lowest BCUT2D eigenvalue weighted by atomic mass is 9.80. The Kier molecular flexibility index (Phi) is 10.2. The summed E-state index contributed by atoms with van der Waals surface area (Å²) in [5, 5.41) is 6.85. The smallest absolute Gasteiger partial charge is 0.242 e. The largest absolute Gasteiger partial charge is 0.354 e. The van der Waals surface area contributed by atoms with Crippen molar-refractivity contribution in [1.29, 1.82) is 0 Å². The molecule has 1 saturated carbocycles. The molecule has 0 heterocycles. The summed E-state index contributed by atoms with van der Waals surface area (Å²) in [5.74, 6) is 2.41. The van der Waals surface area contributed by atoms with Crippen LogP contribution in [0.5, 0.6) is 0 Å². The molecule has 0 spiro atoms. The minimum absolute atomic E-state index is 0. The number of benzene rings is 1. The zero-order chi connectivity index (χ0) is 20.0. The second-order valence-electron chi connectivity index (χ2n) is 7.86. The van der Waals surface area contributed by atoms with E-state index >= 15 is 0 Å². The van der Waals surface area contributed by atoms with Crippen LogP contribution < -0.4 is 10.6 Å². The maximum atomic E-state index is 12.1.